The second kappa shape index (κ2) is 10.6. The topological polar surface area (TPSA) is 55.9 Å². The number of nitrogens with one attached hydrogen (secondary N) is 1. The Morgan fingerprint density at radius 1 is 0.926 bits per heavy atom. The van der Waals surface area contributed by atoms with Crippen molar-refractivity contribution in [3.8, 4) is 0 Å². The maximum absolute atomic E-state index is 13.0. The standard InChI is InChI=1S/C19H27FN4O2.ClH/c20-17-4-2-16(3-5-17)19(26)24-10-1-9-22(14-15-24)11-6-18(25)23-12-7-21-8-13-23;/h2-5,21H,1,6-15H2;1H. The average Bonchev–Trinajstić information content (AvgIpc) is 2.92. The summed E-state index contributed by atoms with van der Waals surface area (Å²) in [5, 5.41) is 3.25. The predicted molar refractivity (Wildman–Crippen MR) is 105 cm³/mol. The number of rotatable bonds is 4. The van der Waals surface area contributed by atoms with Gasteiger partial charge in [-0.25, -0.2) is 4.39 Å². The Labute approximate surface area is 166 Å². The first kappa shape index (κ1) is 21.6. The molecular formula is C19H28ClFN4O2. The number of carbonyl (C=O) groups excluding carboxylic acids is 2. The van der Waals surface area contributed by atoms with Gasteiger partial charge in [0.1, 0.15) is 5.82 Å². The van der Waals surface area contributed by atoms with E-state index < -0.39 is 0 Å². The van der Waals surface area contributed by atoms with Gasteiger partial charge in [0.15, 0.2) is 0 Å². The van der Waals surface area contributed by atoms with Gasteiger partial charge in [-0.3, -0.25) is 9.59 Å². The minimum Gasteiger partial charge on any atom is -0.340 e. The van der Waals surface area contributed by atoms with Crippen molar-refractivity contribution in [3.63, 3.8) is 0 Å². The van der Waals surface area contributed by atoms with E-state index in [1.54, 1.807) is 0 Å². The molecule has 0 radical (unpaired) electrons. The van der Waals surface area contributed by atoms with Crippen molar-refractivity contribution in [1.29, 1.82) is 0 Å². The molecule has 2 aliphatic rings. The molecule has 0 spiro atoms. The zero-order valence-corrected chi connectivity index (χ0v) is 16.3. The summed E-state index contributed by atoms with van der Waals surface area (Å²) in [6.07, 6.45) is 1.42. The molecule has 2 aliphatic heterocycles. The predicted octanol–water partition coefficient (Wildman–Crippen LogP) is 1.22. The van der Waals surface area contributed by atoms with Crippen LogP contribution in [-0.4, -0.2) is 85.4 Å². The summed E-state index contributed by atoms with van der Waals surface area (Å²) in [6, 6.07) is 5.71. The van der Waals surface area contributed by atoms with Crippen molar-refractivity contribution >= 4 is 24.2 Å². The molecule has 1 aromatic rings. The molecule has 1 N–H and O–H groups in total. The lowest BCUT2D eigenvalue weighted by Gasteiger charge is -2.28. The highest BCUT2D eigenvalue weighted by Crippen LogP contribution is 2.11. The Hall–Kier alpha value is -1.70. The Balaban J connectivity index is 0.00000261. The van der Waals surface area contributed by atoms with Crippen molar-refractivity contribution in [1.82, 2.24) is 20.0 Å². The maximum atomic E-state index is 13.0. The van der Waals surface area contributed by atoms with E-state index >= 15 is 0 Å². The monoisotopic (exact) mass is 398 g/mol. The molecule has 2 heterocycles. The summed E-state index contributed by atoms with van der Waals surface area (Å²) in [6.45, 7) is 7.05. The van der Waals surface area contributed by atoms with Crippen LogP contribution in [0.1, 0.15) is 23.2 Å². The van der Waals surface area contributed by atoms with E-state index in [0.717, 1.165) is 52.2 Å². The van der Waals surface area contributed by atoms with Crippen LogP contribution in [0.2, 0.25) is 0 Å². The van der Waals surface area contributed by atoms with E-state index in [-0.39, 0.29) is 30.0 Å². The zero-order chi connectivity index (χ0) is 18.4. The van der Waals surface area contributed by atoms with Crippen LogP contribution >= 0.6 is 12.4 Å². The van der Waals surface area contributed by atoms with Crippen LogP contribution in [0.25, 0.3) is 0 Å². The van der Waals surface area contributed by atoms with E-state index in [9.17, 15) is 14.0 Å². The molecule has 150 valence electrons. The summed E-state index contributed by atoms with van der Waals surface area (Å²) in [5.74, 6) is -0.170. The van der Waals surface area contributed by atoms with Crippen molar-refractivity contribution in [2.45, 2.75) is 12.8 Å². The molecule has 0 saturated carbocycles. The maximum Gasteiger partial charge on any atom is 0.253 e. The number of hydrogen-bond acceptors (Lipinski definition) is 4. The van der Waals surface area contributed by atoms with Crippen molar-refractivity contribution in [3.05, 3.63) is 35.6 Å². The Morgan fingerprint density at radius 3 is 2.33 bits per heavy atom. The molecule has 0 aliphatic carbocycles. The Bertz CT molecular complexity index is 623. The van der Waals surface area contributed by atoms with Crippen LogP contribution in [0.4, 0.5) is 4.39 Å². The van der Waals surface area contributed by atoms with Crippen LogP contribution in [0.15, 0.2) is 24.3 Å². The molecule has 3 rings (SSSR count). The Morgan fingerprint density at radius 2 is 1.63 bits per heavy atom. The lowest BCUT2D eigenvalue weighted by molar-refractivity contribution is -0.132. The molecule has 0 aromatic heterocycles. The van der Waals surface area contributed by atoms with E-state index in [2.05, 4.69) is 10.2 Å². The van der Waals surface area contributed by atoms with Gasteiger partial charge < -0.3 is 20.0 Å². The number of amides is 2. The SMILES string of the molecule is Cl.O=C(CCN1CCCN(C(=O)c2ccc(F)cc2)CC1)N1CCNCC1. The van der Waals surface area contributed by atoms with Crippen LogP contribution in [0, 0.1) is 5.82 Å². The lowest BCUT2D eigenvalue weighted by Crippen LogP contribution is -2.47. The van der Waals surface area contributed by atoms with Crippen LogP contribution < -0.4 is 5.32 Å². The smallest absolute Gasteiger partial charge is 0.253 e. The third-order valence-corrected chi connectivity index (χ3v) is 5.08. The second-order valence-electron chi connectivity index (χ2n) is 6.88. The number of hydrogen-bond donors (Lipinski definition) is 1. The molecule has 1 aromatic carbocycles. The molecule has 6 nitrogen and oxygen atoms in total. The highest BCUT2D eigenvalue weighted by atomic mass is 35.5. The quantitative estimate of drug-likeness (QED) is 0.828. The van der Waals surface area contributed by atoms with Gasteiger partial charge in [-0.15, -0.1) is 12.4 Å². The van der Waals surface area contributed by atoms with Gasteiger partial charge in [0.25, 0.3) is 5.91 Å². The summed E-state index contributed by atoms with van der Waals surface area (Å²) in [7, 11) is 0. The highest BCUT2D eigenvalue weighted by molar-refractivity contribution is 5.94. The number of piperazine rings is 1. The van der Waals surface area contributed by atoms with Gasteiger partial charge in [0, 0.05) is 64.3 Å². The summed E-state index contributed by atoms with van der Waals surface area (Å²) >= 11 is 0. The fourth-order valence-electron chi connectivity index (χ4n) is 3.50. The molecule has 0 atom stereocenters. The summed E-state index contributed by atoms with van der Waals surface area (Å²) in [5.41, 5.74) is 0.522. The first-order chi connectivity index (χ1) is 12.6. The van der Waals surface area contributed by atoms with Gasteiger partial charge in [0.2, 0.25) is 5.91 Å². The third-order valence-electron chi connectivity index (χ3n) is 5.08. The van der Waals surface area contributed by atoms with Crippen LogP contribution in [-0.2, 0) is 4.79 Å². The molecule has 2 saturated heterocycles. The minimum absolute atomic E-state index is 0. The largest absolute Gasteiger partial charge is 0.340 e. The molecule has 27 heavy (non-hydrogen) atoms. The lowest BCUT2D eigenvalue weighted by atomic mass is 10.2. The van der Waals surface area contributed by atoms with E-state index in [0.29, 0.717) is 25.1 Å². The number of benzene rings is 1. The van der Waals surface area contributed by atoms with Gasteiger partial charge in [-0.2, -0.15) is 0 Å². The molecule has 0 bridgehead atoms. The fourth-order valence-corrected chi connectivity index (χ4v) is 3.50. The third kappa shape index (κ3) is 6.16. The van der Waals surface area contributed by atoms with Gasteiger partial charge >= 0.3 is 0 Å². The van der Waals surface area contributed by atoms with E-state index in [1.807, 2.05) is 9.80 Å². The summed E-state index contributed by atoms with van der Waals surface area (Å²) in [4.78, 5) is 30.9. The fraction of sp³-hybridized carbons (Fsp3) is 0.579. The molecule has 8 heteroatoms. The van der Waals surface area contributed by atoms with Crippen molar-refractivity contribution in [2.75, 3.05) is 58.9 Å². The van der Waals surface area contributed by atoms with Crippen LogP contribution in [0.3, 0.4) is 0 Å². The van der Waals surface area contributed by atoms with Gasteiger partial charge in [-0.05, 0) is 37.2 Å². The van der Waals surface area contributed by atoms with Gasteiger partial charge in [0.05, 0.1) is 0 Å². The average molecular weight is 399 g/mol. The highest BCUT2D eigenvalue weighted by Gasteiger charge is 2.22. The van der Waals surface area contributed by atoms with E-state index in [4.69, 9.17) is 0 Å². The number of nitrogens with zero attached hydrogens (tertiary/aromatic N) is 3. The molecular weight excluding hydrogens is 371 g/mol. The van der Waals surface area contributed by atoms with Crippen LogP contribution in [0.5, 0.6) is 0 Å². The van der Waals surface area contributed by atoms with Crippen molar-refractivity contribution < 1.29 is 14.0 Å². The van der Waals surface area contributed by atoms with Gasteiger partial charge in [-0.1, -0.05) is 0 Å². The normalized spacial score (nSPS) is 18.6. The summed E-state index contributed by atoms with van der Waals surface area (Å²) < 4.78 is 13.0. The minimum atomic E-state index is -0.335. The molecule has 2 fully saturated rings. The molecule has 2 amide bonds. The molecule has 0 unspecified atom stereocenters. The number of carbonyl (C=O) groups is 2. The first-order valence-electron chi connectivity index (χ1n) is 9.39. The Kier molecular flexibility index (Phi) is 8.47. The number of halogens is 2. The first-order valence-corrected chi connectivity index (χ1v) is 9.39. The zero-order valence-electron chi connectivity index (χ0n) is 15.5. The van der Waals surface area contributed by atoms with Crippen molar-refractivity contribution in [2.24, 2.45) is 0 Å². The van der Waals surface area contributed by atoms with E-state index in [1.165, 1.54) is 24.3 Å². The second-order valence-corrected chi connectivity index (χ2v) is 6.88.